The van der Waals surface area contributed by atoms with E-state index in [0.717, 1.165) is 31.4 Å². The third-order valence-corrected chi connectivity index (χ3v) is 4.75. The summed E-state index contributed by atoms with van der Waals surface area (Å²) in [7, 11) is 0. The molecule has 0 amide bonds. The van der Waals surface area contributed by atoms with Crippen LogP contribution in [0.4, 0.5) is 17.6 Å². The average Bonchev–Trinajstić information content (AvgIpc) is 2.62. The molecule has 2 aromatic carbocycles. The van der Waals surface area contributed by atoms with Crippen molar-refractivity contribution >= 4 is 0 Å². The maximum atomic E-state index is 14.7. The maximum absolute atomic E-state index is 14.7. The Bertz CT molecular complexity index is 903. The third-order valence-electron chi connectivity index (χ3n) is 4.75. The lowest BCUT2D eigenvalue weighted by Crippen LogP contribution is -2.17. The first-order valence-electron chi connectivity index (χ1n) is 8.57. The first kappa shape index (κ1) is 18.3. The molecule has 0 radical (unpaired) electrons. The Labute approximate surface area is 150 Å². The van der Waals surface area contributed by atoms with Gasteiger partial charge in [-0.1, -0.05) is 17.9 Å². The summed E-state index contributed by atoms with van der Waals surface area (Å²) in [5, 5.41) is 0. The Balaban J connectivity index is 1.90. The highest BCUT2D eigenvalue weighted by Crippen LogP contribution is 2.32. The van der Waals surface area contributed by atoms with Gasteiger partial charge in [0.2, 0.25) is 0 Å². The van der Waals surface area contributed by atoms with Crippen molar-refractivity contribution in [3.8, 4) is 11.8 Å². The second kappa shape index (κ2) is 7.78. The van der Waals surface area contributed by atoms with E-state index in [-0.39, 0.29) is 11.1 Å². The number of fused-ring (bicyclic) bond motifs is 1. The normalized spacial score (nSPS) is 15.8. The lowest BCUT2D eigenvalue weighted by Gasteiger charge is -2.25. The topological polar surface area (TPSA) is 0 Å². The van der Waals surface area contributed by atoms with Crippen molar-refractivity contribution in [3.63, 3.8) is 0 Å². The fourth-order valence-corrected chi connectivity index (χ4v) is 3.35. The van der Waals surface area contributed by atoms with Crippen molar-refractivity contribution in [2.75, 3.05) is 0 Å². The van der Waals surface area contributed by atoms with Crippen LogP contribution in [0.1, 0.15) is 41.5 Å². The highest BCUT2D eigenvalue weighted by molar-refractivity contribution is 5.48. The van der Waals surface area contributed by atoms with Gasteiger partial charge in [-0.3, -0.25) is 0 Å². The lowest BCUT2D eigenvalue weighted by atomic mass is 9.80. The van der Waals surface area contributed by atoms with E-state index in [2.05, 4.69) is 18.4 Å². The van der Waals surface area contributed by atoms with Gasteiger partial charge in [0.15, 0.2) is 11.6 Å². The molecule has 134 valence electrons. The van der Waals surface area contributed by atoms with Crippen LogP contribution in [0.2, 0.25) is 0 Å². The Hall–Kier alpha value is -2.54. The highest BCUT2D eigenvalue weighted by atomic mass is 19.2. The highest BCUT2D eigenvalue weighted by Gasteiger charge is 2.24. The maximum Gasteiger partial charge on any atom is 0.160 e. The molecule has 0 fully saturated rings. The van der Waals surface area contributed by atoms with Crippen LogP contribution in [0.15, 0.2) is 36.9 Å². The number of hydrogen-bond donors (Lipinski definition) is 0. The van der Waals surface area contributed by atoms with Crippen LogP contribution >= 0.6 is 0 Å². The summed E-state index contributed by atoms with van der Waals surface area (Å²) in [4.78, 5) is 0. The molecule has 1 atom stereocenters. The molecule has 4 heteroatoms. The van der Waals surface area contributed by atoms with Crippen LogP contribution in [-0.4, -0.2) is 0 Å². The monoisotopic (exact) mass is 358 g/mol. The smallest absolute Gasteiger partial charge is 0.160 e. The van der Waals surface area contributed by atoms with Crippen molar-refractivity contribution in [2.24, 2.45) is 5.92 Å². The van der Waals surface area contributed by atoms with E-state index in [4.69, 9.17) is 0 Å². The Morgan fingerprint density at radius 1 is 1.04 bits per heavy atom. The summed E-state index contributed by atoms with van der Waals surface area (Å²) in [6.45, 7) is 3.71. The van der Waals surface area contributed by atoms with Crippen molar-refractivity contribution < 1.29 is 17.6 Å². The molecule has 0 nitrogen and oxygen atoms in total. The molecule has 1 aliphatic rings. The minimum atomic E-state index is -1.05. The minimum Gasteiger partial charge on any atom is -0.206 e. The van der Waals surface area contributed by atoms with E-state index in [1.54, 1.807) is 0 Å². The second-order valence-corrected chi connectivity index (χ2v) is 6.54. The van der Waals surface area contributed by atoms with Crippen LogP contribution in [0.3, 0.4) is 0 Å². The van der Waals surface area contributed by atoms with Crippen molar-refractivity contribution in [1.29, 1.82) is 0 Å². The molecule has 0 saturated heterocycles. The zero-order valence-corrected chi connectivity index (χ0v) is 14.2. The molecule has 1 aliphatic carbocycles. The van der Waals surface area contributed by atoms with Crippen LogP contribution < -0.4 is 0 Å². The summed E-state index contributed by atoms with van der Waals surface area (Å²) in [6.07, 6.45) is 5.75. The van der Waals surface area contributed by atoms with E-state index in [0.29, 0.717) is 29.9 Å². The van der Waals surface area contributed by atoms with Gasteiger partial charge < -0.3 is 0 Å². The SMILES string of the molecule is C=CCCC1CCc2c(cc(F)c(C#Cc3ccc(F)c(F)c3)c2F)C1. The standard InChI is InChI=1S/C22H18F4/c1-2-3-4-14-5-8-17-16(11-14)13-20(24)18(22(17)26)9-6-15-7-10-19(23)21(25)12-15/h2,7,10,12-14H,1,3-5,8,11H2. The zero-order valence-electron chi connectivity index (χ0n) is 14.2. The minimum absolute atomic E-state index is 0.157. The molecule has 2 aromatic rings. The number of rotatable bonds is 3. The van der Waals surface area contributed by atoms with E-state index in [1.165, 1.54) is 12.1 Å². The van der Waals surface area contributed by atoms with E-state index in [9.17, 15) is 17.6 Å². The molecule has 0 aliphatic heterocycles. The summed E-state index contributed by atoms with van der Waals surface area (Å²) < 4.78 is 55.3. The summed E-state index contributed by atoms with van der Waals surface area (Å²) >= 11 is 0. The molecular weight excluding hydrogens is 340 g/mol. The fourth-order valence-electron chi connectivity index (χ4n) is 3.35. The summed E-state index contributed by atoms with van der Waals surface area (Å²) in [5.74, 6) is 1.94. The first-order valence-corrected chi connectivity index (χ1v) is 8.57. The number of hydrogen-bond acceptors (Lipinski definition) is 0. The summed E-state index contributed by atoms with van der Waals surface area (Å²) in [5.41, 5.74) is 1.04. The number of allylic oxidation sites excluding steroid dienone is 1. The van der Waals surface area contributed by atoms with Gasteiger partial charge in [0, 0.05) is 5.56 Å². The lowest BCUT2D eigenvalue weighted by molar-refractivity contribution is 0.418. The van der Waals surface area contributed by atoms with Crippen LogP contribution in [0.5, 0.6) is 0 Å². The summed E-state index contributed by atoms with van der Waals surface area (Å²) in [6, 6.07) is 4.46. The van der Waals surface area contributed by atoms with Gasteiger partial charge in [0.05, 0.1) is 5.56 Å². The molecule has 26 heavy (non-hydrogen) atoms. The number of halogens is 4. The predicted molar refractivity (Wildman–Crippen MR) is 93.6 cm³/mol. The van der Waals surface area contributed by atoms with Crippen molar-refractivity contribution in [3.05, 3.63) is 82.4 Å². The van der Waals surface area contributed by atoms with Gasteiger partial charge in [-0.25, -0.2) is 17.6 Å². The Kier molecular flexibility index (Phi) is 5.46. The van der Waals surface area contributed by atoms with Crippen LogP contribution in [0, 0.1) is 41.0 Å². The Morgan fingerprint density at radius 3 is 2.58 bits per heavy atom. The van der Waals surface area contributed by atoms with Crippen molar-refractivity contribution in [2.45, 2.75) is 32.1 Å². The van der Waals surface area contributed by atoms with E-state index < -0.39 is 23.3 Å². The van der Waals surface area contributed by atoms with E-state index in [1.807, 2.05) is 6.08 Å². The van der Waals surface area contributed by atoms with Gasteiger partial charge in [-0.05, 0) is 73.4 Å². The van der Waals surface area contributed by atoms with Crippen molar-refractivity contribution in [1.82, 2.24) is 0 Å². The molecule has 1 unspecified atom stereocenters. The first-order chi connectivity index (χ1) is 12.5. The molecule has 0 saturated carbocycles. The van der Waals surface area contributed by atoms with Gasteiger partial charge in [-0.2, -0.15) is 0 Å². The molecular formula is C22H18F4. The largest absolute Gasteiger partial charge is 0.206 e. The molecule has 3 rings (SSSR count). The predicted octanol–water partition coefficient (Wildman–Crippen LogP) is 5.71. The van der Waals surface area contributed by atoms with Gasteiger partial charge >= 0.3 is 0 Å². The van der Waals surface area contributed by atoms with Gasteiger partial charge in [0.1, 0.15) is 11.6 Å². The van der Waals surface area contributed by atoms with E-state index >= 15 is 0 Å². The quantitative estimate of drug-likeness (QED) is 0.374. The van der Waals surface area contributed by atoms with Crippen LogP contribution in [0.25, 0.3) is 0 Å². The van der Waals surface area contributed by atoms with Gasteiger partial charge in [0.25, 0.3) is 0 Å². The molecule has 0 spiro atoms. The third kappa shape index (κ3) is 3.83. The molecule has 0 aromatic heterocycles. The molecule has 0 heterocycles. The molecule has 0 bridgehead atoms. The Morgan fingerprint density at radius 2 is 1.85 bits per heavy atom. The van der Waals surface area contributed by atoms with Crippen LogP contribution in [-0.2, 0) is 12.8 Å². The van der Waals surface area contributed by atoms with Gasteiger partial charge in [-0.15, -0.1) is 6.58 Å². The average molecular weight is 358 g/mol. The second-order valence-electron chi connectivity index (χ2n) is 6.54. The molecule has 0 N–H and O–H groups in total. The zero-order chi connectivity index (χ0) is 18.7. The number of benzene rings is 2. The fraction of sp³-hybridized carbons (Fsp3) is 0.273.